The van der Waals surface area contributed by atoms with Crippen molar-refractivity contribution in [3.05, 3.63) is 74.7 Å². The fourth-order valence-electron chi connectivity index (χ4n) is 4.41. The van der Waals surface area contributed by atoms with E-state index in [9.17, 15) is 9.59 Å². The lowest BCUT2D eigenvalue weighted by Gasteiger charge is -2.31. The number of likely N-dealkylation sites (tertiary alicyclic amines) is 1. The average Bonchev–Trinajstić information content (AvgIpc) is 3.24. The van der Waals surface area contributed by atoms with Crippen molar-refractivity contribution in [3.8, 4) is 11.1 Å². The number of aromatic amines is 1. The number of hydrogen-bond acceptors (Lipinski definition) is 6. The van der Waals surface area contributed by atoms with Gasteiger partial charge in [0.15, 0.2) is 0 Å². The van der Waals surface area contributed by atoms with E-state index in [-0.39, 0.29) is 17.4 Å². The van der Waals surface area contributed by atoms with Gasteiger partial charge in [-0.2, -0.15) is 0 Å². The third-order valence-corrected chi connectivity index (χ3v) is 7.25. The summed E-state index contributed by atoms with van der Waals surface area (Å²) >= 11 is 7.79. The van der Waals surface area contributed by atoms with Crippen LogP contribution in [0.5, 0.6) is 0 Å². The number of halogens is 1. The van der Waals surface area contributed by atoms with E-state index in [1.54, 1.807) is 6.07 Å². The molecule has 2 N–H and O–H groups in total. The number of nitrogens with zero attached hydrogens (tertiary/aromatic N) is 3. The van der Waals surface area contributed by atoms with Gasteiger partial charge in [0.1, 0.15) is 16.5 Å². The highest BCUT2D eigenvalue weighted by Gasteiger charge is 2.27. The van der Waals surface area contributed by atoms with E-state index in [1.165, 1.54) is 11.3 Å². The Balaban J connectivity index is 1.31. The van der Waals surface area contributed by atoms with Crippen molar-refractivity contribution in [2.45, 2.75) is 26.3 Å². The molecule has 5 rings (SSSR count). The van der Waals surface area contributed by atoms with Crippen LogP contribution in [0.2, 0.25) is 5.02 Å². The number of aryl methyl sites for hydroxylation is 1. The SMILES string of the molecule is Cc1cccc(NC(=O)C2CCCN(Cc3nc4scc(-c5ccccc5Cl)c4c(=O)[nH]3)C2)n1. The molecule has 0 radical (unpaired) electrons. The van der Waals surface area contributed by atoms with Crippen LogP contribution >= 0.6 is 22.9 Å². The van der Waals surface area contributed by atoms with Gasteiger partial charge in [-0.15, -0.1) is 11.3 Å². The molecule has 1 aliphatic heterocycles. The molecule has 1 saturated heterocycles. The monoisotopic (exact) mass is 493 g/mol. The quantitative estimate of drug-likeness (QED) is 0.414. The number of thiophene rings is 1. The van der Waals surface area contributed by atoms with E-state index in [4.69, 9.17) is 16.6 Å². The molecule has 9 heteroatoms. The normalized spacial score (nSPS) is 16.6. The summed E-state index contributed by atoms with van der Waals surface area (Å²) in [4.78, 5) is 40.7. The van der Waals surface area contributed by atoms with Crippen LogP contribution in [-0.2, 0) is 11.3 Å². The lowest BCUT2D eigenvalue weighted by molar-refractivity contribution is -0.121. The van der Waals surface area contributed by atoms with Crippen LogP contribution in [0.15, 0.2) is 52.6 Å². The van der Waals surface area contributed by atoms with Gasteiger partial charge < -0.3 is 10.3 Å². The Bertz CT molecular complexity index is 1420. The molecule has 7 nitrogen and oxygen atoms in total. The molecule has 1 atom stereocenters. The second-order valence-electron chi connectivity index (χ2n) is 8.55. The number of benzene rings is 1. The van der Waals surface area contributed by atoms with Crippen molar-refractivity contribution >= 4 is 44.9 Å². The molecule has 4 aromatic rings. The number of carbonyl (C=O) groups is 1. The van der Waals surface area contributed by atoms with Crippen LogP contribution in [0, 0.1) is 12.8 Å². The topological polar surface area (TPSA) is 91.0 Å². The maximum atomic E-state index is 13.0. The smallest absolute Gasteiger partial charge is 0.260 e. The number of aromatic nitrogens is 3. The highest BCUT2D eigenvalue weighted by Crippen LogP contribution is 2.35. The molecule has 0 spiro atoms. The summed E-state index contributed by atoms with van der Waals surface area (Å²) in [6.45, 7) is 3.84. The third kappa shape index (κ3) is 4.75. The highest BCUT2D eigenvalue weighted by atomic mass is 35.5. The lowest BCUT2D eigenvalue weighted by atomic mass is 9.97. The molecule has 34 heavy (non-hydrogen) atoms. The van der Waals surface area contributed by atoms with Crippen LogP contribution < -0.4 is 10.9 Å². The zero-order valence-corrected chi connectivity index (χ0v) is 20.2. The van der Waals surface area contributed by atoms with Crippen molar-refractivity contribution in [2.75, 3.05) is 18.4 Å². The minimum atomic E-state index is -0.173. The molecule has 1 aliphatic rings. The van der Waals surface area contributed by atoms with Gasteiger partial charge in [-0.1, -0.05) is 35.9 Å². The molecule has 174 valence electrons. The van der Waals surface area contributed by atoms with Gasteiger partial charge in [-0.25, -0.2) is 9.97 Å². The van der Waals surface area contributed by atoms with Crippen LogP contribution in [0.3, 0.4) is 0 Å². The molecule has 0 bridgehead atoms. The van der Waals surface area contributed by atoms with E-state index in [1.807, 2.05) is 48.7 Å². The fraction of sp³-hybridized carbons (Fsp3) is 0.280. The summed E-state index contributed by atoms with van der Waals surface area (Å²) in [6, 6.07) is 13.1. The number of piperidine rings is 1. The van der Waals surface area contributed by atoms with E-state index in [2.05, 4.69) is 20.2 Å². The Hall–Kier alpha value is -3.07. The van der Waals surface area contributed by atoms with Gasteiger partial charge in [-0.3, -0.25) is 14.5 Å². The molecule has 1 unspecified atom stereocenters. The summed E-state index contributed by atoms with van der Waals surface area (Å²) in [5.41, 5.74) is 2.31. The largest absolute Gasteiger partial charge is 0.310 e. The van der Waals surface area contributed by atoms with Gasteiger partial charge >= 0.3 is 0 Å². The van der Waals surface area contributed by atoms with Gasteiger partial charge in [0.05, 0.1) is 17.8 Å². The first-order valence-electron chi connectivity index (χ1n) is 11.2. The average molecular weight is 494 g/mol. The van der Waals surface area contributed by atoms with Crippen LogP contribution in [0.25, 0.3) is 21.3 Å². The number of rotatable bonds is 5. The molecule has 1 amide bonds. The number of anilines is 1. The second-order valence-corrected chi connectivity index (χ2v) is 9.82. The summed E-state index contributed by atoms with van der Waals surface area (Å²) in [7, 11) is 0. The maximum absolute atomic E-state index is 13.0. The van der Waals surface area contributed by atoms with E-state index >= 15 is 0 Å². The van der Waals surface area contributed by atoms with Crippen molar-refractivity contribution in [1.29, 1.82) is 0 Å². The molecular formula is C25H24ClN5O2S. The number of nitrogens with one attached hydrogen (secondary N) is 2. The number of hydrogen-bond donors (Lipinski definition) is 2. The van der Waals surface area contributed by atoms with E-state index in [0.29, 0.717) is 40.0 Å². The van der Waals surface area contributed by atoms with Gasteiger partial charge in [-0.05, 0) is 44.5 Å². The van der Waals surface area contributed by atoms with Crippen molar-refractivity contribution in [1.82, 2.24) is 19.9 Å². The number of carbonyl (C=O) groups excluding carboxylic acids is 1. The minimum absolute atomic E-state index is 0.0256. The Kier molecular flexibility index (Phi) is 6.45. The zero-order chi connectivity index (χ0) is 23.7. The predicted molar refractivity (Wildman–Crippen MR) is 136 cm³/mol. The standard InChI is InChI=1S/C25H24ClN5O2S/c1-15-6-4-10-20(27-15)28-23(32)16-7-5-11-31(12-16)13-21-29-24(33)22-18(14-34-25(22)30-21)17-8-2-3-9-19(17)26/h2-4,6,8-10,14,16H,5,7,11-13H2,1H3,(H,27,28,32)(H,29,30,33). The summed E-state index contributed by atoms with van der Waals surface area (Å²) in [5, 5.41) is 6.02. The number of H-pyrrole nitrogens is 1. The fourth-order valence-corrected chi connectivity index (χ4v) is 5.61. The van der Waals surface area contributed by atoms with Crippen LogP contribution in [0.1, 0.15) is 24.4 Å². The Morgan fingerprint density at radius 3 is 2.88 bits per heavy atom. The molecule has 1 aromatic carbocycles. The molecule has 0 aliphatic carbocycles. The minimum Gasteiger partial charge on any atom is -0.310 e. The Morgan fingerprint density at radius 2 is 2.06 bits per heavy atom. The van der Waals surface area contributed by atoms with Crippen LogP contribution in [0.4, 0.5) is 5.82 Å². The van der Waals surface area contributed by atoms with Gasteiger partial charge in [0.2, 0.25) is 5.91 Å². The number of fused-ring (bicyclic) bond motifs is 1. The summed E-state index contributed by atoms with van der Waals surface area (Å²) < 4.78 is 0. The third-order valence-electron chi connectivity index (χ3n) is 6.05. The Morgan fingerprint density at radius 1 is 1.21 bits per heavy atom. The first-order valence-corrected chi connectivity index (χ1v) is 12.5. The van der Waals surface area contributed by atoms with E-state index < -0.39 is 0 Å². The molecule has 4 heterocycles. The molecule has 0 saturated carbocycles. The lowest BCUT2D eigenvalue weighted by Crippen LogP contribution is -2.40. The molecule has 3 aromatic heterocycles. The molecule has 1 fully saturated rings. The van der Waals surface area contributed by atoms with Gasteiger partial charge in [0, 0.05) is 33.8 Å². The van der Waals surface area contributed by atoms with Crippen molar-refractivity contribution in [2.24, 2.45) is 5.92 Å². The van der Waals surface area contributed by atoms with Gasteiger partial charge in [0.25, 0.3) is 5.56 Å². The maximum Gasteiger partial charge on any atom is 0.260 e. The zero-order valence-electron chi connectivity index (χ0n) is 18.7. The van der Waals surface area contributed by atoms with Crippen LogP contribution in [-0.4, -0.2) is 38.8 Å². The van der Waals surface area contributed by atoms with Crippen molar-refractivity contribution in [3.63, 3.8) is 0 Å². The first kappa shape index (κ1) is 22.7. The Labute approximate surface area is 205 Å². The summed E-state index contributed by atoms with van der Waals surface area (Å²) in [6.07, 6.45) is 1.73. The highest BCUT2D eigenvalue weighted by molar-refractivity contribution is 7.17. The second kappa shape index (κ2) is 9.66. The van der Waals surface area contributed by atoms with Crippen molar-refractivity contribution < 1.29 is 4.79 Å². The number of amides is 1. The first-order chi connectivity index (χ1) is 16.5. The number of pyridine rings is 1. The summed E-state index contributed by atoms with van der Waals surface area (Å²) in [5.74, 6) is 1.01. The molecular weight excluding hydrogens is 470 g/mol. The predicted octanol–water partition coefficient (Wildman–Crippen LogP) is 4.86. The van der Waals surface area contributed by atoms with E-state index in [0.717, 1.165) is 36.2 Å².